The molecule has 0 aromatic carbocycles. The maximum atomic E-state index is 3.30. The van der Waals surface area contributed by atoms with Gasteiger partial charge in [-0.1, -0.05) is 0 Å². The fourth-order valence-corrected chi connectivity index (χ4v) is 2.17. The Bertz CT molecular complexity index is 147. The summed E-state index contributed by atoms with van der Waals surface area (Å²) < 4.78 is 0. The Balaban J connectivity index is 0.000000162. The molecule has 0 unspecified atom stereocenters. The van der Waals surface area contributed by atoms with Crippen LogP contribution in [0.25, 0.3) is 0 Å². The Labute approximate surface area is 94.8 Å². The molecule has 0 saturated carbocycles. The second kappa shape index (κ2) is 7.20. The van der Waals surface area contributed by atoms with E-state index < -0.39 is 0 Å². The number of nitrogens with one attached hydrogen (secondary N) is 1. The monoisotopic (exact) mass is 213 g/mol. The molecule has 2 saturated heterocycles. The van der Waals surface area contributed by atoms with Crippen LogP contribution in [0.5, 0.6) is 0 Å². The van der Waals surface area contributed by atoms with Crippen molar-refractivity contribution in [3.8, 4) is 0 Å². The molecule has 0 aliphatic carbocycles. The quantitative estimate of drug-likeness (QED) is 0.701. The van der Waals surface area contributed by atoms with Crippen LogP contribution >= 0.6 is 0 Å². The first-order valence-electron chi connectivity index (χ1n) is 6.26. The Morgan fingerprint density at radius 1 is 0.867 bits per heavy atom. The van der Waals surface area contributed by atoms with Gasteiger partial charge < -0.3 is 15.1 Å². The van der Waals surface area contributed by atoms with Crippen molar-refractivity contribution in [1.29, 1.82) is 0 Å². The standard InChI is InChI=1S/C7H16N2.C5H11N/c1-8-7-3-5-9(2)6-4-7;1-6-4-2-3-5-6/h7-8H,3-6H2,1-2H3;2-5H2,1H3. The lowest BCUT2D eigenvalue weighted by atomic mass is 10.1. The molecule has 0 radical (unpaired) electrons. The molecular weight excluding hydrogens is 186 g/mol. The van der Waals surface area contributed by atoms with Crippen molar-refractivity contribution in [1.82, 2.24) is 15.1 Å². The summed E-state index contributed by atoms with van der Waals surface area (Å²) in [6, 6.07) is 0.779. The zero-order chi connectivity index (χ0) is 11.1. The van der Waals surface area contributed by atoms with E-state index in [0.717, 1.165) is 6.04 Å². The van der Waals surface area contributed by atoms with Crippen molar-refractivity contribution >= 4 is 0 Å². The van der Waals surface area contributed by atoms with Crippen molar-refractivity contribution in [2.75, 3.05) is 47.3 Å². The molecule has 2 aliphatic heterocycles. The van der Waals surface area contributed by atoms with Crippen molar-refractivity contribution in [2.24, 2.45) is 0 Å². The summed E-state index contributed by atoms with van der Waals surface area (Å²) >= 11 is 0. The molecular formula is C12H27N3. The minimum atomic E-state index is 0.779. The van der Waals surface area contributed by atoms with Crippen LogP contribution in [0.1, 0.15) is 25.7 Å². The second-order valence-corrected chi connectivity index (χ2v) is 4.88. The molecule has 0 bridgehead atoms. The average molecular weight is 213 g/mol. The maximum absolute atomic E-state index is 3.30. The van der Waals surface area contributed by atoms with Crippen LogP contribution in [-0.4, -0.2) is 63.2 Å². The van der Waals surface area contributed by atoms with Crippen molar-refractivity contribution in [2.45, 2.75) is 31.7 Å². The summed E-state index contributed by atoms with van der Waals surface area (Å²) in [5.41, 5.74) is 0. The molecule has 2 heterocycles. The van der Waals surface area contributed by atoms with E-state index in [-0.39, 0.29) is 0 Å². The minimum absolute atomic E-state index is 0.779. The molecule has 0 aromatic heterocycles. The van der Waals surface area contributed by atoms with E-state index in [2.05, 4.69) is 36.3 Å². The normalized spacial score (nSPS) is 25.0. The highest BCUT2D eigenvalue weighted by atomic mass is 15.1. The van der Waals surface area contributed by atoms with Gasteiger partial charge in [0.1, 0.15) is 0 Å². The van der Waals surface area contributed by atoms with Gasteiger partial charge in [-0.15, -0.1) is 0 Å². The zero-order valence-corrected chi connectivity index (χ0v) is 10.6. The predicted octanol–water partition coefficient (Wildman–Crippen LogP) is 1.01. The van der Waals surface area contributed by atoms with Crippen molar-refractivity contribution < 1.29 is 0 Å². The smallest absolute Gasteiger partial charge is 0.00884 e. The van der Waals surface area contributed by atoms with E-state index in [1.54, 1.807) is 0 Å². The number of piperidine rings is 1. The zero-order valence-electron chi connectivity index (χ0n) is 10.6. The van der Waals surface area contributed by atoms with Gasteiger partial charge in [0.2, 0.25) is 0 Å². The molecule has 15 heavy (non-hydrogen) atoms. The third-order valence-corrected chi connectivity index (χ3v) is 3.46. The van der Waals surface area contributed by atoms with Gasteiger partial charge in [-0.2, -0.15) is 0 Å². The maximum Gasteiger partial charge on any atom is 0.00884 e. The van der Waals surface area contributed by atoms with E-state index in [0.29, 0.717) is 0 Å². The van der Waals surface area contributed by atoms with Gasteiger partial charge in [0.25, 0.3) is 0 Å². The van der Waals surface area contributed by atoms with Crippen LogP contribution in [0.4, 0.5) is 0 Å². The third-order valence-electron chi connectivity index (χ3n) is 3.46. The predicted molar refractivity (Wildman–Crippen MR) is 66.3 cm³/mol. The van der Waals surface area contributed by atoms with E-state index in [4.69, 9.17) is 0 Å². The fraction of sp³-hybridized carbons (Fsp3) is 1.00. The average Bonchev–Trinajstić information content (AvgIpc) is 2.71. The number of nitrogens with zero attached hydrogens (tertiary/aromatic N) is 2. The number of hydrogen-bond acceptors (Lipinski definition) is 3. The second-order valence-electron chi connectivity index (χ2n) is 4.88. The van der Waals surface area contributed by atoms with E-state index in [1.165, 1.54) is 51.9 Å². The lowest BCUT2D eigenvalue weighted by molar-refractivity contribution is 0.240. The molecule has 2 fully saturated rings. The highest BCUT2D eigenvalue weighted by Gasteiger charge is 2.13. The summed E-state index contributed by atoms with van der Waals surface area (Å²) in [5, 5.41) is 3.30. The molecule has 1 N–H and O–H groups in total. The van der Waals surface area contributed by atoms with Gasteiger partial charge in [-0.05, 0) is 73.0 Å². The van der Waals surface area contributed by atoms with E-state index in [1.807, 2.05) is 0 Å². The van der Waals surface area contributed by atoms with E-state index >= 15 is 0 Å². The summed E-state index contributed by atoms with van der Waals surface area (Å²) in [7, 11) is 6.41. The van der Waals surface area contributed by atoms with Gasteiger partial charge in [0.05, 0.1) is 0 Å². The van der Waals surface area contributed by atoms with Gasteiger partial charge >= 0.3 is 0 Å². The van der Waals surface area contributed by atoms with Gasteiger partial charge in [-0.25, -0.2) is 0 Å². The van der Waals surface area contributed by atoms with Crippen LogP contribution in [-0.2, 0) is 0 Å². The first-order chi connectivity index (χ1) is 7.22. The summed E-state index contributed by atoms with van der Waals surface area (Å²) in [6.45, 7) is 5.15. The van der Waals surface area contributed by atoms with Crippen molar-refractivity contribution in [3.63, 3.8) is 0 Å². The highest BCUT2D eigenvalue weighted by molar-refractivity contribution is 4.73. The summed E-state index contributed by atoms with van der Waals surface area (Å²) in [6.07, 6.45) is 5.45. The molecule has 0 amide bonds. The third kappa shape index (κ3) is 5.50. The number of hydrogen-bond donors (Lipinski definition) is 1. The molecule has 0 spiro atoms. The Morgan fingerprint density at radius 3 is 1.67 bits per heavy atom. The Morgan fingerprint density at radius 2 is 1.33 bits per heavy atom. The number of likely N-dealkylation sites (tertiary alicyclic amines) is 2. The SMILES string of the molecule is CN1CCCC1.CNC1CCN(C)CC1. The first kappa shape index (κ1) is 12.9. The molecule has 2 aliphatic rings. The molecule has 0 atom stereocenters. The number of rotatable bonds is 1. The van der Waals surface area contributed by atoms with Crippen LogP contribution < -0.4 is 5.32 Å². The summed E-state index contributed by atoms with van der Waals surface area (Å²) in [4.78, 5) is 4.74. The lowest BCUT2D eigenvalue weighted by Crippen LogP contribution is -2.39. The van der Waals surface area contributed by atoms with Crippen LogP contribution in [0.3, 0.4) is 0 Å². The van der Waals surface area contributed by atoms with Gasteiger partial charge in [-0.3, -0.25) is 0 Å². The van der Waals surface area contributed by atoms with Crippen LogP contribution in [0, 0.1) is 0 Å². The Hall–Kier alpha value is -0.120. The fourth-order valence-electron chi connectivity index (χ4n) is 2.17. The molecule has 2 rings (SSSR count). The van der Waals surface area contributed by atoms with Crippen molar-refractivity contribution in [3.05, 3.63) is 0 Å². The first-order valence-corrected chi connectivity index (χ1v) is 6.26. The molecule has 90 valence electrons. The minimum Gasteiger partial charge on any atom is -0.317 e. The van der Waals surface area contributed by atoms with Crippen LogP contribution in [0.15, 0.2) is 0 Å². The largest absolute Gasteiger partial charge is 0.317 e. The topological polar surface area (TPSA) is 18.5 Å². The highest BCUT2D eigenvalue weighted by Crippen LogP contribution is 2.06. The van der Waals surface area contributed by atoms with Gasteiger partial charge in [0, 0.05) is 6.04 Å². The molecule has 3 heteroatoms. The molecule has 0 aromatic rings. The Kier molecular flexibility index (Phi) is 6.22. The summed E-state index contributed by atoms with van der Waals surface area (Å²) in [5.74, 6) is 0. The molecule has 3 nitrogen and oxygen atoms in total. The van der Waals surface area contributed by atoms with E-state index in [9.17, 15) is 0 Å². The lowest BCUT2D eigenvalue weighted by Gasteiger charge is -2.28. The van der Waals surface area contributed by atoms with Crippen LogP contribution in [0.2, 0.25) is 0 Å². The van der Waals surface area contributed by atoms with Gasteiger partial charge in [0.15, 0.2) is 0 Å².